The first-order chi connectivity index (χ1) is 15.7. The van der Waals surface area contributed by atoms with Gasteiger partial charge in [-0.25, -0.2) is 0 Å². The lowest BCUT2D eigenvalue weighted by Gasteiger charge is -2.60. The van der Waals surface area contributed by atoms with E-state index < -0.39 is 40.3 Å². The maximum atomic E-state index is 13.2. The Kier molecular flexibility index (Phi) is 6.66. The normalized spacial score (nSPS) is 47.6. The zero-order valence-corrected chi connectivity index (χ0v) is 21.1. The molecule has 0 heterocycles. The van der Waals surface area contributed by atoms with Crippen molar-refractivity contribution in [2.75, 3.05) is 6.61 Å². The molecule has 0 bridgehead atoms. The monoisotopic (exact) mass is 480 g/mol. The summed E-state index contributed by atoms with van der Waals surface area (Å²) in [6.45, 7) is 7.61. The van der Waals surface area contributed by atoms with E-state index in [1.165, 1.54) is 0 Å². The molecule has 0 aromatic rings. The van der Waals surface area contributed by atoms with Crippen molar-refractivity contribution in [2.45, 2.75) is 109 Å². The van der Waals surface area contributed by atoms with Crippen LogP contribution in [0.15, 0.2) is 11.6 Å². The summed E-state index contributed by atoms with van der Waals surface area (Å²) in [4.78, 5) is 13.2. The number of rotatable bonds is 6. The van der Waals surface area contributed by atoms with Crippen molar-refractivity contribution >= 4 is 5.78 Å². The SMILES string of the molecule is CC(CO)CC(O)CC(C)(O)C1CCC2(O)C3=CC(=O)C4CC(O)C(O)CC4(C)C3CCC12C. The second-order valence-electron chi connectivity index (χ2n) is 12.8. The maximum absolute atomic E-state index is 13.2. The van der Waals surface area contributed by atoms with Crippen molar-refractivity contribution in [3.05, 3.63) is 11.6 Å². The summed E-state index contributed by atoms with van der Waals surface area (Å²) in [5.41, 5.74) is -2.89. The van der Waals surface area contributed by atoms with Gasteiger partial charge in [0.05, 0.1) is 29.5 Å². The number of aliphatic hydroxyl groups excluding tert-OH is 4. The third-order valence-electron chi connectivity index (χ3n) is 10.5. The molecule has 194 valence electrons. The van der Waals surface area contributed by atoms with Gasteiger partial charge in [-0.15, -0.1) is 0 Å². The van der Waals surface area contributed by atoms with E-state index in [4.69, 9.17) is 0 Å². The number of allylic oxidation sites excluding steroid dienone is 1. The Balaban J connectivity index is 1.64. The smallest absolute Gasteiger partial charge is 0.159 e. The lowest BCUT2D eigenvalue weighted by atomic mass is 9.45. The fraction of sp³-hybridized carbons (Fsp3) is 0.889. The number of carbonyl (C=O) groups is 1. The molecule has 3 saturated carbocycles. The van der Waals surface area contributed by atoms with Crippen LogP contribution in [0.25, 0.3) is 0 Å². The molecule has 4 aliphatic rings. The van der Waals surface area contributed by atoms with Crippen molar-refractivity contribution in [1.29, 1.82) is 0 Å². The topological polar surface area (TPSA) is 138 Å². The van der Waals surface area contributed by atoms with Gasteiger partial charge in [0.1, 0.15) is 0 Å². The summed E-state index contributed by atoms with van der Waals surface area (Å²) in [6, 6.07) is 0. The Morgan fingerprint density at radius 3 is 2.47 bits per heavy atom. The lowest BCUT2D eigenvalue weighted by molar-refractivity contribution is -0.162. The molecular weight excluding hydrogens is 436 g/mol. The number of ketones is 1. The Labute approximate surface area is 202 Å². The molecule has 0 aliphatic heterocycles. The summed E-state index contributed by atoms with van der Waals surface area (Å²) in [6.07, 6.45) is 2.66. The van der Waals surface area contributed by atoms with Crippen LogP contribution in [0.3, 0.4) is 0 Å². The zero-order chi connectivity index (χ0) is 25.3. The Morgan fingerprint density at radius 2 is 1.82 bits per heavy atom. The van der Waals surface area contributed by atoms with Gasteiger partial charge in [0.2, 0.25) is 0 Å². The first-order valence-corrected chi connectivity index (χ1v) is 13.1. The maximum Gasteiger partial charge on any atom is 0.159 e. The molecule has 0 spiro atoms. The number of carbonyl (C=O) groups excluding carboxylic acids is 1. The van der Waals surface area contributed by atoms with Crippen LogP contribution < -0.4 is 0 Å². The van der Waals surface area contributed by atoms with Gasteiger partial charge < -0.3 is 30.6 Å². The predicted octanol–water partition coefficient (Wildman–Crippen LogP) is 1.71. The second kappa shape index (κ2) is 8.63. The van der Waals surface area contributed by atoms with E-state index in [1.54, 1.807) is 13.0 Å². The Morgan fingerprint density at radius 1 is 1.15 bits per heavy atom. The van der Waals surface area contributed by atoms with E-state index in [1.807, 2.05) is 20.8 Å². The molecule has 0 saturated heterocycles. The van der Waals surface area contributed by atoms with Gasteiger partial charge in [0.25, 0.3) is 0 Å². The van der Waals surface area contributed by atoms with E-state index in [2.05, 4.69) is 0 Å². The molecule has 11 unspecified atom stereocenters. The average molecular weight is 481 g/mol. The van der Waals surface area contributed by atoms with E-state index in [9.17, 15) is 35.4 Å². The highest BCUT2D eigenvalue weighted by molar-refractivity contribution is 5.95. The van der Waals surface area contributed by atoms with Crippen LogP contribution >= 0.6 is 0 Å². The van der Waals surface area contributed by atoms with Crippen LogP contribution in [-0.2, 0) is 4.79 Å². The molecular formula is C27H44O7. The Hall–Kier alpha value is -0.830. The largest absolute Gasteiger partial charge is 0.396 e. The molecule has 4 rings (SSSR count). The standard InChI is InChI=1S/C27H44O7/c1-15(14-28)9-16(29)12-26(4,33)23-6-8-27(34)18-10-20(30)19-11-21(31)22(32)13-24(19,2)17(18)5-7-25(23,27)3/h10,15-17,19,21-23,28-29,31-34H,5-9,11-14H2,1-4H3. The van der Waals surface area contributed by atoms with Gasteiger partial charge >= 0.3 is 0 Å². The molecule has 34 heavy (non-hydrogen) atoms. The van der Waals surface area contributed by atoms with Crippen molar-refractivity contribution in [1.82, 2.24) is 0 Å². The van der Waals surface area contributed by atoms with Gasteiger partial charge in [0, 0.05) is 24.4 Å². The molecule has 0 amide bonds. The van der Waals surface area contributed by atoms with E-state index in [-0.39, 0.29) is 48.9 Å². The molecule has 6 N–H and O–H groups in total. The first-order valence-electron chi connectivity index (χ1n) is 13.1. The van der Waals surface area contributed by atoms with Crippen LogP contribution in [0.2, 0.25) is 0 Å². The Bertz CT molecular complexity index is 839. The number of aliphatic hydroxyl groups is 6. The molecule has 3 fully saturated rings. The molecule has 0 aromatic carbocycles. The van der Waals surface area contributed by atoms with Crippen molar-refractivity contribution in [2.24, 2.45) is 34.5 Å². The fourth-order valence-electron chi connectivity index (χ4n) is 8.61. The molecule has 0 aromatic heterocycles. The zero-order valence-electron chi connectivity index (χ0n) is 21.1. The molecule has 0 radical (unpaired) electrons. The summed E-state index contributed by atoms with van der Waals surface area (Å²) >= 11 is 0. The van der Waals surface area contributed by atoms with E-state index in [0.717, 1.165) is 12.0 Å². The summed E-state index contributed by atoms with van der Waals surface area (Å²) < 4.78 is 0. The van der Waals surface area contributed by atoms with Crippen molar-refractivity contribution < 1.29 is 35.4 Å². The first kappa shape index (κ1) is 26.2. The molecule has 4 aliphatic carbocycles. The summed E-state index contributed by atoms with van der Waals surface area (Å²) in [7, 11) is 0. The highest BCUT2D eigenvalue weighted by Crippen LogP contribution is 2.68. The quantitative estimate of drug-likeness (QED) is 0.340. The highest BCUT2D eigenvalue weighted by Gasteiger charge is 2.68. The van der Waals surface area contributed by atoms with E-state index >= 15 is 0 Å². The third kappa shape index (κ3) is 3.82. The van der Waals surface area contributed by atoms with Gasteiger partial charge in [-0.1, -0.05) is 20.8 Å². The van der Waals surface area contributed by atoms with Gasteiger partial charge in [-0.05, 0) is 86.7 Å². The lowest BCUT2D eigenvalue weighted by Crippen LogP contribution is -2.62. The van der Waals surface area contributed by atoms with Crippen LogP contribution in [-0.4, -0.2) is 72.5 Å². The van der Waals surface area contributed by atoms with Crippen LogP contribution in [0.5, 0.6) is 0 Å². The number of hydrogen-bond donors (Lipinski definition) is 6. The van der Waals surface area contributed by atoms with Gasteiger partial charge in [-0.2, -0.15) is 0 Å². The highest BCUT2D eigenvalue weighted by atomic mass is 16.3. The minimum Gasteiger partial charge on any atom is -0.396 e. The van der Waals surface area contributed by atoms with E-state index in [0.29, 0.717) is 32.1 Å². The minimum atomic E-state index is -1.24. The fourth-order valence-corrected chi connectivity index (χ4v) is 8.61. The molecule has 7 heteroatoms. The predicted molar refractivity (Wildman–Crippen MR) is 127 cm³/mol. The van der Waals surface area contributed by atoms with Crippen LogP contribution in [0, 0.1) is 34.5 Å². The van der Waals surface area contributed by atoms with Gasteiger partial charge in [0.15, 0.2) is 5.78 Å². The van der Waals surface area contributed by atoms with Crippen molar-refractivity contribution in [3.8, 4) is 0 Å². The second-order valence-corrected chi connectivity index (χ2v) is 12.8. The third-order valence-corrected chi connectivity index (χ3v) is 10.5. The summed E-state index contributed by atoms with van der Waals surface area (Å²) in [5, 5.41) is 64.4. The van der Waals surface area contributed by atoms with Gasteiger partial charge in [-0.3, -0.25) is 4.79 Å². The van der Waals surface area contributed by atoms with Crippen LogP contribution in [0.4, 0.5) is 0 Å². The molecule has 11 atom stereocenters. The molecule has 7 nitrogen and oxygen atoms in total. The number of hydrogen-bond acceptors (Lipinski definition) is 7. The number of fused-ring (bicyclic) bond motifs is 5. The average Bonchev–Trinajstić information content (AvgIpc) is 3.02. The van der Waals surface area contributed by atoms with Crippen molar-refractivity contribution in [3.63, 3.8) is 0 Å². The van der Waals surface area contributed by atoms with Crippen LogP contribution in [0.1, 0.15) is 79.1 Å². The summed E-state index contributed by atoms with van der Waals surface area (Å²) in [5.74, 6) is -0.827. The minimum absolute atomic E-state index is 0.0187.